The molecule has 5 rings (SSSR count). The third kappa shape index (κ3) is 3.66. The monoisotopic (exact) mass is 426 g/mol. The first-order chi connectivity index (χ1) is 15.1. The average molecular weight is 427 g/mol. The lowest BCUT2D eigenvalue weighted by Gasteiger charge is -2.26. The Morgan fingerprint density at radius 2 is 1.81 bits per heavy atom. The van der Waals surface area contributed by atoms with Crippen molar-refractivity contribution in [2.24, 2.45) is 0 Å². The maximum absolute atomic E-state index is 12.5. The minimum atomic E-state index is -0.0181. The molecule has 0 atom stereocenters. The first-order valence-corrected chi connectivity index (χ1v) is 10.4. The minimum Gasteiger partial charge on any atom is -0.445 e. The van der Waals surface area contributed by atoms with Gasteiger partial charge in [-0.15, -0.1) is 0 Å². The SMILES string of the molecule is CC(=O)N1Cc2cc(-c3ccccc3-c3ncco3)ccc2/C=C\c2cc(Cl)ccc21. The summed E-state index contributed by atoms with van der Waals surface area (Å²) in [5.41, 5.74) is 6.90. The predicted octanol–water partition coefficient (Wildman–Crippen LogP) is 6.70. The fraction of sp³-hybridized carbons (Fsp3) is 0.0769. The van der Waals surface area contributed by atoms with Gasteiger partial charge in [-0.1, -0.05) is 54.1 Å². The summed E-state index contributed by atoms with van der Waals surface area (Å²) in [6.45, 7) is 2.06. The molecule has 4 aromatic rings. The number of carbonyl (C=O) groups excluding carboxylic acids is 1. The molecule has 1 amide bonds. The Labute approximate surface area is 185 Å². The van der Waals surface area contributed by atoms with Crippen LogP contribution in [0.25, 0.3) is 34.7 Å². The van der Waals surface area contributed by atoms with Crippen LogP contribution in [0.1, 0.15) is 23.6 Å². The van der Waals surface area contributed by atoms with E-state index in [2.05, 4.69) is 35.3 Å². The van der Waals surface area contributed by atoms with E-state index >= 15 is 0 Å². The summed E-state index contributed by atoms with van der Waals surface area (Å²) in [4.78, 5) is 18.6. The highest BCUT2D eigenvalue weighted by Gasteiger charge is 2.20. The lowest BCUT2D eigenvalue weighted by molar-refractivity contribution is -0.116. The highest BCUT2D eigenvalue weighted by molar-refractivity contribution is 6.30. The van der Waals surface area contributed by atoms with Gasteiger partial charge < -0.3 is 9.32 Å². The molecule has 5 heteroatoms. The normalized spacial score (nSPS) is 13.7. The zero-order valence-corrected chi connectivity index (χ0v) is 17.6. The number of rotatable bonds is 2. The zero-order valence-electron chi connectivity index (χ0n) is 16.9. The smallest absolute Gasteiger partial charge is 0.226 e. The molecule has 0 fully saturated rings. The molecule has 31 heavy (non-hydrogen) atoms. The first kappa shape index (κ1) is 19.3. The Morgan fingerprint density at radius 3 is 2.58 bits per heavy atom. The van der Waals surface area contributed by atoms with Crippen molar-refractivity contribution in [2.45, 2.75) is 13.5 Å². The number of carbonyl (C=O) groups is 1. The molecule has 3 aromatic carbocycles. The van der Waals surface area contributed by atoms with Gasteiger partial charge in [-0.2, -0.15) is 0 Å². The Kier molecular flexibility index (Phi) is 4.92. The lowest BCUT2D eigenvalue weighted by atomic mass is 9.94. The second kappa shape index (κ2) is 7.89. The molecular formula is C26H19ClN2O2. The molecular weight excluding hydrogens is 408 g/mol. The summed E-state index contributed by atoms with van der Waals surface area (Å²) >= 11 is 6.19. The van der Waals surface area contributed by atoms with Crippen molar-refractivity contribution in [3.63, 3.8) is 0 Å². The number of fused-ring (bicyclic) bond motifs is 2. The van der Waals surface area contributed by atoms with E-state index in [1.807, 2.05) is 42.5 Å². The molecule has 0 spiro atoms. The molecule has 0 N–H and O–H groups in total. The van der Waals surface area contributed by atoms with Crippen LogP contribution >= 0.6 is 11.6 Å². The predicted molar refractivity (Wildman–Crippen MR) is 125 cm³/mol. The summed E-state index contributed by atoms with van der Waals surface area (Å²) in [7, 11) is 0. The zero-order chi connectivity index (χ0) is 21.4. The van der Waals surface area contributed by atoms with E-state index in [0.717, 1.165) is 39.1 Å². The van der Waals surface area contributed by atoms with Crippen LogP contribution in [-0.4, -0.2) is 10.9 Å². The van der Waals surface area contributed by atoms with Crippen LogP contribution in [0.2, 0.25) is 5.02 Å². The molecule has 4 nitrogen and oxygen atoms in total. The van der Waals surface area contributed by atoms with Gasteiger partial charge >= 0.3 is 0 Å². The van der Waals surface area contributed by atoms with E-state index in [-0.39, 0.29) is 5.91 Å². The molecule has 0 radical (unpaired) electrons. The van der Waals surface area contributed by atoms with E-state index in [9.17, 15) is 4.79 Å². The van der Waals surface area contributed by atoms with Crippen molar-refractivity contribution in [1.82, 2.24) is 4.98 Å². The standard InChI is InChI=1S/C26H19ClN2O2/c1-17(30)29-16-21-14-19(23-4-2-3-5-24(23)26-28-12-13-31-26)8-6-18(21)7-9-20-15-22(27)10-11-25(20)29/h2-15H,16H2,1H3/b9-7-. The van der Waals surface area contributed by atoms with Crippen molar-refractivity contribution in [3.8, 4) is 22.6 Å². The number of oxazole rings is 1. The van der Waals surface area contributed by atoms with E-state index in [1.54, 1.807) is 24.3 Å². The summed E-state index contributed by atoms with van der Waals surface area (Å²) in [5, 5.41) is 0.645. The van der Waals surface area contributed by atoms with Gasteiger partial charge in [0, 0.05) is 17.5 Å². The third-order valence-electron chi connectivity index (χ3n) is 5.48. The molecule has 2 heterocycles. The number of amides is 1. The summed E-state index contributed by atoms with van der Waals surface area (Å²) in [6.07, 6.45) is 7.30. The van der Waals surface area contributed by atoms with Gasteiger partial charge in [0.25, 0.3) is 0 Å². The second-order valence-corrected chi connectivity index (χ2v) is 7.87. The van der Waals surface area contributed by atoms with E-state index in [4.69, 9.17) is 16.0 Å². The van der Waals surface area contributed by atoms with Gasteiger partial charge in [0.1, 0.15) is 6.26 Å². The van der Waals surface area contributed by atoms with Gasteiger partial charge in [0.2, 0.25) is 11.8 Å². The number of benzene rings is 3. The first-order valence-electron chi connectivity index (χ1n) is 9.98. The number of nitrogens with zero attached hydrogens (tertiary/aromatic N) is 2. The molecule has 0 saturated carbocycles. The van der Waals surface area contributed by atoms with Gasteiger partial charge in [-0.3, -0.25) is 4.79 Å². The Balaban J connectivity index is 1.63. The van der Waals surface area contributed by atoms with Crippen LogP contribution in [0.15, 0.2) is 77.5 Å². The maximum Gasteiger partial charge on any atom is 0.226 e. The third-order valence-corrected chi connectivity index (χ3v) is 5.71. The van der Waals surface area contributed by atoms with E-state index in [0.29, 0.717) is 17.5 Å². The summed E-state index contributed by atoms with van der Waals surface area (Å²) < 4.78 is 5.54. The Hall–Kier alpha value is -3.63. The second-order valence-electron chi connectivity index (χ2n) is 7.44. The quantitative estimate of drug-likeness (QED) is 0.358. The van der Waals surface area contributed by atoms with Gasteiger partial charge in [-0.05, 0) is 58.1 Å². The molecule has 152 valence electrons. The highest BCUT2D eigenvalue weighted by atomic mass is 35.5. The van der Waals surface area contributed by atoms with Crippen LogP contribution < -0.4 is 4.90 Å². The fourth-order valence-electron chi connectivity index (χ4n) is 3.97. The van der Waals surface area contributed by atoms with Crippen LogP contribution in [0.4, 0.5) is 5.69 Å². The van der Waals surface area contributed by atoms with Crippen molar-refractivity contribution < 1.29 is 9.21 Å². The number of hydrogen-bond acceptors (Lipinski definition) is 3. The molecule has 1 aliphatic heterocycles. The van der Waals surface area contributed by atoms with E-state index in [1.165, 1.54) is 0 Å². The van der Waals surface area contributed by atoms with Gasteiger partial charge in [0.15, 0.2) is 0 Å². The molecule has 1 aliphatic rings. The van der Waals surface area contributed by atoms with Crippen LogP contribution in [0.5, 0.6) is 0 Å². The van der Waals surface area contributed by atoms with Crippen LogP contribution in [-0.2, 0) is 11.3 Å². The number of halogens is 1. The highest BCUT2D eigenvalue weighted by Crippen LogP contribution is 2.35. The number of aromatic nitrogens is 1. The molecule has 0 bridgehead atoms. The molecule has 1 aromatic heterocycles. The van der Waals surface area contributed by atoms with Crippen molar-refractivity contribution in [2.75, 3.05) is 4.90 Å². The van der Waals surface area contributed by atoms with Crippen molar-refractivity contribution >= 4 is 35.3 Å². The molecule has 0 unspecified atom stereocenters. The number of anilines is 1. The Morgan fingerprint density at radius 1 is 1.00 bits per heavy atom. The maximum atomic E-state index is 12.5. The van der Waals surface area contributed by atoms with Crippen molar-refractivity contribution in [3.05, 3.63) is 94.8 Å². The van der Waals surface area contributed by atoms with E-state index < -0.39 is 0 Å². The summed E-state index contributed by atoms with van der Waals surface area (Å²) in [5.74, 6) is 0.564. The lowest BCUT2D eigenvalue weighted by Crippen LogP contribution is -2.29. The van der Waals surface area contributed by atoms with Crippen molar-refractivity contribution in [1.29, 1.82) is 0 Å². The molecule has 0 saturated heterocycles. The average Bonchev–Trinajstić information content (AvgIpc) is 3.30. The van der Waals surface area contributed by atoms with Gasteiger partial charge in [0.05, 0.1) is 18.4 Å². The minimum absolute atomic E-state index is 0.0181. The topological polar surface area (TPSA) is 46.3 Å². The van der Waals surface area contributed by atoms with Crippen LogP contribution in [0, 0.1) is 0 Å². The summed E-state index contributed by atoms with van der Waals surface area (Å²) in [6, 6.07) is 19.9. The molecule has 0 aliphatic carbocycles. The fourth-order valence-corrected chi connectivity index (χ4v) is 4.15. The Bertz CT molecular complexity index is 1310. The number of hydrogen-bond donors (Lipinski definition) is 0. The largest absolute Gasteiger partial charge is 0.445 e. The van der Waals surface area contributed by atoms with Crippen LogP contribution in [0.3, 0.4) is 0 Å². The van der Waals surface area contributed by atoms with Gasteiger partial charge in [-0.25, -0.2) is 4.98 Å².